The van der Waals surface area contributed by atoms with Crippen LogP contribution in [-0.2, 0) is 0 Å². The molecule has 1 aliphatic rings. The number of urea groups is 1. The van der Waals surface area contributed by atoms with Crippen molar-refractivity contribution < 1.29 is 14.7 Å². The second-order valence-electron chi connectivity index (χ2n) is 5.42. The number of benzene rings is 1. The molecule has 2 amide bonds. The van der Waals surface area contributed by atoms with Gasteiger partial charge in [0.15, 0.2) is 0 Å². The minimum Gasteiger partial charge on any atom is -0.478 e. The van der Waals surface area contributed by atoms with Crippen molar-refractivity contribution >= 4 is 33.6 Å². The van der Waals surface area contributed by atoms with Gasteiger partial charge in [0.25, 0.3) is 0 Å². The fourth-order valence-electron chi connectivity index (χ4n) is 2.22. The van der Waals surface area contributed by atoms with Crippen molar-refractivity contribution in [1.29, 1.82) is 0 Å². The van der Waals surface area contributed by atoms with E-state index in [9.17, 15) is 9.59 Å². The molecule has 5 nitrogen and oxygen atoms in total. The number of rotatable bonds is 6. The largest absolute Gasteiger partial charge is 0.478 e. The summed E-state index contributed by atoms with van der Waals surface area (Å²) >= 11 is 3.24. The molecular formula is C15H19BrN2O3. The van der Waals surface area contributed by atoms with E-state index in [-0.39, 0.29) is 17.6 Å². The summed E-state index contributed by atoms with van der Waals surface area (Å²) in [7, 11) is 0. The Labute approximate surface area is 132 Å². The van der Waals surface area contributed by atoms with Gasteiger partial charge in [-0.25, -0.2) is 9.59 Å². The van der Waals surface area contributed by atoms with Crippen molar-refractivity contribution in [3.63, 3.8) is 0 Å². The van der Waals surface area contributed by atoms with Crippen LogP contribution >= 0.6 is 15.9 Å². The number of aromatic carboxylic acids is 1. The van der Waals surface area contributed by atoms with E-state index in [1.54, 1.807) is 6.07 Å². The Bertz CT molecular complexity index is 544. The number of hydrogen-bond donors (Lipinski definition) is 3. The van der Waals surface area contributed by atoms with Crippen LogP contribution in [0.5, 0.6) is 0 Å². The molecule has 114 valence electrons. The molecule has 1 unspecified atom stereocenters. The fourth-order valence-corrected chi connectivity index (χ4v) is 2.71. The highest BCUT2D eigenvalue weighted by Crippen LogP contribution is 2.34. The Balaban J connectivity index is 1.96. The third-order valence-corrected chi connectivity index (χ3v) is 4.00. The van der Waals surface area contributed by atoms with Gasteiger partial charge in [-0.15, -0.1) is 0 Å². The number of amides is 2. The Morgan fingerprint density at radius 1 is 1.38 bits per heavy atom. The molecule has 1 aromatic rings. The molecule has 0 bridgehead atoms. The van der Waals surface area contributed by atoms with Crippen LogP contribution in [0, 0.1) is 5.92 Å². The lowest BCUT2D eigenvalue weighted by Gasteiger charge is -2.17. The maximum absolute atomic E-state index is 12.0. The third-order valence-electron chi connectivity index (χ3n) is 3.55. The Morgan fingerprint density at radius 3 is 2.67 bits per heavy atom. The molecule has 1 fully saturated rings. The smallest absolute Gasteiger partial charge is 0.335 e. The van der Waals surface area contributed by atoms with Gasteiger partial charge in [-0.1, -0.05) is 35.7 Å². The van der Waals surface area contributed by atoms with Crippen molar-refractivity contribution in [2.75, 3.05) is 5.32 Å². The zero-order valence-corrected chi connectivity index (χ0v) is 13.4. The van der Waals surface area contributed by atoms with Gasteiger partial charge in [0.1, 0.15) is 0 Å². The molecule has 0 aliphatic heterocycles. The quantitative estimate of drug-likeness (QED) is 0.725. The topological polar surface area (TPSA) is 78.4 Å². The molecule has 1 saturated carbocycles. The average molecular weight is 355 g/mol. The van der Waals surface area contributed by atoms with E-state index in [1.807, 2.05) is 0 Å². The van der Waals surface area contributed by atoms with Gasteiger partial charge in [-0.2, -0.15) is 0 Å². The second kappa shape index (κ2) is 6.93. The van der Waals surface area contributed by atoms with E-state index in [1.165, 1.54) is 25.0 Å². The van der Waals surface area contributed by atoms with Crippen molar-refractivity contribution in [2.45, 2.75) is 38.6 Å². The number of nitrogens with one attached hydrogen (secondary N) is 2. The first kappa shape index (κ1) is 15.8. The standard InChI is InChI=1S/C15H19BrN2O3/c1-2-12(5-9-3-4-9)17-15(21)18-13-7-10(14(19)20)6-11(16)8-13/h6-9,12H,2-5H2,1H3,(H,19,20)(H2,17,18,21). The van der Waals surface area contributed by atoms with Crippen molar-refractivity contribution in [1.82, 2.24) is 5.32 Å². The van der Waals surface area contributed by atoms with Crippen molar-refractivity contribution in [2.24, 2.45) is 5.92 Å². The van der Waals surface area contributed by atoms with Crippen LogP contribution < -0.4 is 10.6 Å². The highest BCUT2D eigenvalue weighted by molar-refractivity contribution is 9.10. The van der Waals surface area contributed by atoms with Crippen LogP contribution in [0.4, 0.5) is 10.5 Å². The zero-order valence-electron chi connectivity index (χ0n) is 11.9. The Hall–Kier alpha value is -1.56. The molecule has 0 saturated heterocycles. The highest BCUT2D eigenvalue weighted by Gasteiger charge is 2.25. The monoisotopic (exact) mass is 354 g/mol. The van der Waals surface area contributed by atoms with Gasteiger partial charge in [0.2, 0.25) is 0 Å². The molecule has 1 atom stereocenters. The van der Waals surface area contributed by atoms with Gasteiger partial charge >= 0.3 is 12.0 Å². The molecule has 21 heavy (non-hydrogen) atoms. The summed E-state index contributed by atoms with van der Waals surface area (Å²) in [5, 5.41) is 14.6. The first-order chi connectivity index (χ1) is 9.97. The molecule has 0 heterocycles. The lowest BCUT2D eigenvalue weighted by molar-refractivity contribution is 0.0697. The molecule has 3 N–H and O–H groups in total. The van der Waals surface area contributed by atoms with Crippen molar-refractivity contribution in [3.8, 4) is 0 Å². The van der Waals surface area contributed by atoms with E-state index in [0.29, 0.717) is 10.2 Å². The summed E-state index contributed by atoms with van der Waals surface area (Å²) in [6.07, 6.45) is 4.42. The summed E-state index contributed by atoms with van der Waals surface area (Å²) in [5.74, 6) is -0.278. The van der Waals surface area contributed by atoms with Gasteiger partial charge in [0, 0.05) is 16.2 Å². The van der Waals surface area contributed by atoms with E-state index in [0.717, 1.165) is 18.8 Å². The number of hydrogen-bond acceptors (Lipinski definition) is 2. The minimum atomic E-state index is -1.03. The number of carboxylic acid groups (broad SMARTS) is 1. The van der Waals surface area contributed by atoms with Crippen LogP contribution in [0.15, 0.2) is 22.7 Å². The SMILES string of the molecule is CCC(CC1CC1)NC(=O)Nc1cc(Br)cc(C(=O)O)c1. The van der Waals surface area contributed by atoms with Crippen LogP contribution in [0.3, 0.4) is 0 Å². The number of carbonyl (C=O) groups excluding carboxylic acids is 1. The summed E-state index contributed by atoms with van der Waals surface area (Å²) in [5.41, 5.74) is 0.588. The summed E-state index contributed by atoms with van der Waals surface area (Å²) in [4.78, 5) is 23.0. The van der Waals surface area contributed by atoms with Gasteiger partial charge < -0.3 is 15.7 Å². The molecular weight excluding hydrogens is 336 g/mol. The number of anilines is 1. The predicted molar refractivity (Wildman–Crippen MR) is 84.7 cm³/mol. The van der Waals surface area contributed by atoms with Gasteiger partial charge in [0.05, 0.1) is 5.56 Å². The molecule has 0 radical (unpaired) electrons. The molecule has 1 aromatic carbocycles. The van der Waals surface area contributed by atoms with E-state index in [2.05, 4.69) is 33.5 Å². The van der Waals surface area contributed by atoms with Crippen LogP contribution in [0.2, 0.25) is 0 Å². The van der Waals surface area contributed by atoms with E-state index in [4.69, 9.17) is 5.11 Å². The second-order valence-corrected chi connectivity index (χ2v) is 6.33. The van der Waals surface area contributed by atoms with Gasteiger partial charge in [-0.3, -0.25) is 0 Å². The maximum atomic E-state index is 12.0. The zero-order chi connectivity index (χ0) is 15.4. The lowest BCUT2D eigenvalue weighted by Crippen LogP contribution is -2.37. The summed E-state index contributed by atoms with van der Waals surface area (Å²) in [6.45, 7) is 2.05. The Kier molecular flexibility index (Phi) is 5.22. The van der Waals surface area contributed by atoms with E-state index < -0.39 is 5.97 Å². The average Bonchev–Trinajstić information content (AvgIpc) is 3.21. The summed E-state index contributed by atoms with van der Waals surface area (Å²) < 4.78 is 0.614. The molecule has 0 spiro atoms. The van der Waals surface area contributed by atoms with E-state index >= 15 is 0 Å². The predicted octanol–water partition coefficient (Wildman–Crippen LogP) is 3.85. The van der Waals surface area contributed by atoms with Crippen molar-refractivity contribution in [3.05, 3.63) is 28.2 Å². The number of carbonyl (C=O) groups is 2. The lowest BCUT2D eigenvalue weighted by atomic mass is 10.1. The number of carboxylic acids is 1. The maximum Gasteiger partial charge on any atom is 0.335 e. The minimum absolute atomic E-state index is 0.129. The first-order valence-corrected chi connectivity index (χ1v) is 7.88. The third kappa shape index (κ3) is 5.04. The van der Waals surface area contributed by atoms with Gasteiger partial charge in [-0.05, 0) is 37.0 Å². The van der Waals surface area contributed by atoms with Crippen LogP contribution in [0.25, 0.3) is 0 Å². The first-order valence-electron chi connectivity index (χ1n) is 7.09. The van der Waals surface area contributed by atoms with Crippen LogP contribution in [-0.4, -0.2) is 23.1 Å². The highest BCUT2D eigenvalue weighted by atomic mass is 79.9. The number of halogens is 1. The van der Waals surface area contributed by atoms with Crippen LogP contribution in [0.1, 0.15) is 43.0 Å². The molecule has 0 aromatic heterocycles. The fraction of sp³-hybridized carbons (Fsp3) is 0.467. The molecule has 2 rings (SSSR count). The molecule has 1 aliphatic carbocycles. The Morgan fingerprint density at radius 2 is 2.10 bits per heavy atom. The molecule has 6 heteroatoms. The summed E-state index contributed by atoms with van der Waals surface area (Å²) in [6, 6.07) is 4.48. The normalized spacial score (nSPS) is 15.3.